The molecule has 2 atom stereocenters. The lowest BCUT2D eigenvalue weighted by Gasteiger charge is -2.16. The van der Waals surface area contributed by atoms with Crippen molar-refractivity contribution in [3.63, 3.8) is 0 Å². The summed E-state index contributed by atoms with van der Waals surface area (Å²) in [7, 11) is 0. The second kappa shape index (κ2) is 5.73. The molecule has 0 radical (unpaired) electrons. The van der Waals surface area contributed by atoms with Gasteiger partial charge in [-0.15, -0.1) is 0 Å². The van der Waals surface area contributed by atoms with Crippen molar-refractivity contribution >= 4 is 0 Å². The standard InChI is InChI=1S/C13H18N4O/c1-4-14-10(3)9(2)13-16-12(17-18-13)11-7-5-6-8-15-11/h5-10,14H,4H2,1-3H3. The molecule has 0 aromatic carbocycles. The Morgan fingerprint density at radius 2 is 2.17 bits per heavy atom. The van der Waals surface area contributed by atoms with Crippen molar-refractivity contribution in [1.82, 2.24) is 20.4 Å². The number of pyridine rings is 1. The maximum Gasteiger partial charge on any atom is 0.231 e. The van der Waals surface area contributed by atoms with Gasteiger partial charge in [0.2, 0.25) is 11.7 Å². The normalized spacial score (nSPS) is 14.4. The summed E-state index contributed by atoms with van der Waals surface area (Å²) in [5.74, 6) is 1.36. The molecule has 0 spiro atoms. The summed E-state index contributed by atoms with van der Waals surface area (Å²) in [6.45, 7) is 7.19. The van der Waals surface area contributed by atoms with Crippen molar-refractivity contribution in [2.24, 2.45) is 0 Å². The minimum absolute atomic E-state index is 0.176. The highest BCUT2D eigenvalue weighted by Crippen LogP contribution is 2.20. The lowest BCUT2D eigenvalue weighted by Crippen LogP contribution is -2.30. The van der Waals surface area contributed by atoms with Crippen LogP contribution in [0.5, 0.6) is 0 Å². The maximum atomic E-state index is 5.31. The van der Waals surface area contributed by atoms with Crippen LogP contribution in [0.25, 0.3) is 11.5 Å². The first kappa shape index (κ1) is 12.7. The average Bonchev–Trinajstić information content (AvgIpc) is 2.89. The zero-order valence-electron chi connectivity index (χ0n) is 10.9. The van der Waals surface area contributed by atoms with Crippen LogP contribution in [0.2, 0.25) is 0 Å². The van der Waals surface area contributed by atoms with Crippen LogP contribution < -0.4 is 5.32 Å². The van der Waals surface area contributed by atoms with Gasteiger partial charge in [-0.3, -0.25) is 4.98 Å². The van der Waals surface area contributed by atoms with Gasteiger partial charge in [0.25, 0.3) is 0 Å². The van der Waals surface area contributed by atoms with Crippen LogP contribution in [0.15, 0.2) is 28.9 Å². The van der Waals surface area contributed by atoms with Gasteiger partial charge < -0.3 is 9.84 Å². The van der Waals surface area contributed by atoms with Crippen molar-refractivity contribution in [2.45, 2.75) is 32.7 Å². The van der Waals surface area contributed by atoms with Gasteiger partial charge in [-0.05, 0) is 25.6 Å². The molecule has 0 fully saturated rings. The van der Waals surface area contributed by atoms with E-state index in [0.29, 0.717) is 17.8 Å². The monoisotopic (exact) mass is 246 g/mol. The zero-order chi connectivity index (χ0) is 13.0. The molecule has 0 saturated heterocycles. The predicted octanol–water partition coefficient (Wildman–Crippen LogP) is 2.23. The second-order valence-electron chi connectivity index (χ2n) is 4.31. The Labute approximate surface area is 107 Å². The number of hydrogen-bond acceptors (Lipinski definition) is 5. The smallest absolute Gasteiger partial charge is 0.231 e. The minimum atomic E-state index is 0.176. The van der Waals surface area contributed by atoms with E-state index in [0.717, 1.165) is 12.2 Å². The molecular formula is C13H18N4O. The van der Waals surface area contributed by atoms with E-state index in [9.17, 15) is 0 Å². The summed E-state index contributed by atoms with van der Waals surface area (Å²) >= 11 is 0. The fourth-order valence-electron chi connectivity index (χ4n) is 1.73. The van der Waals surface area contributed by atoms with E-state index in [2.05, 4.69) is 41.2 Å². The molecule has 2 unspecified atom stereocenters. The number of nitrogens with one attached hydrogen (secondary N) is 1. The maximum absolute atomic E-state index is 5.31. The van der Waals surface area contributed by atoms with E-state index in [1.54, 1.807) is 6.20 Å². The summed E-state index contributed by atoms with van der Waals surface area (Å²) in [5, 5.41) is 7.32. The Morgan fingerprint density at radius 1 is 1.33 bits per heavy atom. The third-order valence-electron chi connectivity index (χ3n) is 3.00. The van der Waals surface area contributed by atoms with Crippen LogP contribution in [-0.4, -0.2) is 27.7 Å². The van der Waals surface area contributed by atoms with Crippen molar-refractivity contribution in [3.05, 3.63) is 30.3 Å². The zero-order valence-corrected chi connectivity index (χ0v) is 10.9. The molecule has 1 N–H and O–H groups in total. The van der Waals surface area contributed by atoms with Gasteiger partial charge in [0, 0.05) is 12.2 Å². The topological polar surface area (TPSA) is 63.8 Å². The Bertz CT molecular complexity index is 483. The first-order chi connectivity index (χ1) is 8.72. The Morgan fingerprint density at radius 3 is 2.83 bits per heavy atom. The quantitative estimate of drug-likeness (QED) is 0.876. The van der Waals surface area contributed by atoms with Gasteiger partial charge in [-0.2, -0.15) is 4.98 Å². The van der Waals surface area contributed by atoms with Crippen molar-refractivity contribution in [3.8, 4) is 11.5 Å². The highest BCUT2D eigenvalue weighted by Gasteiger charge is 2.20. The first-order valence-electron chi connectivity index (χ1n) is 6.20. The Kier molecular flexibility index (Phi) is 4.04. The van der Waals surface area contributed by atoms with Crippen LogP contribution in [0.1, 0.15) is 32.6 Å². The van der Waals surface area contributed by atoms with Gasteiger partial charge in [-0.25, -0.2) is 0 Å². The number of likely N-dealkylation sites (N-methyl/N-ethyl adjacent to an activating group) is 1. The highest BCUT2D eigenvalue weighted by atomic mass is 16.5. The summed E-state index contributed by atoms with van der Waals surface area (Å²) in [5.41, 5.74) is 0.732. The van der Waals surface area contributed by atoms with Crippen LogP contribution in [-0.2, 0) is 0 Å². The average molecular weight is 246 g/mol. The molecule has 0 aliphatic rings. The van der Waals surface area contributed by atoms with E-state index in [1.807, 2.05) is 18.2 Å². The third kappa shape index (κ3) is 2.73. The van der Waals surface area contributed by atoms with Crippen LogP contribution in [0, 0.1) is 0 Å². The van der Waals surface area contributed by atoms with Gasteiger partial charge in [0.05, 0.1) is 5.92 Å². The van der Waals surface area contributed by atoms with E-state index in [1.165, 1.54) is 0 Å². The number of nitrogens with zero attached hydrogens (tertiary/aromatic N) is 3. The molecule has 2 rings (SSSR count). The Balaban J connectivity index is 2.15. The molecule has 2 heterocycles. The van der Waals surface area contributed by atoms with E-state index in [4.69, 9.17) is 4.52 Å². The lowest BCUT2D eigenvalue weighted by atomic mass is 10.0. The lowest BCUT2D eigenvalue weighted by molar-refractivity contribution is 0.332. The predicted molar refractivity (Wildman–Crippen MR) is 69.1 cm³/mol. The van der Waals surface area contributed by atoms with E-state index in [-0.39, 0.29) is 5.92 Å². The molecule has 0 saturated carbocycles. The number of aromatic nitrogens is 3. The molecule has 18 heavy (non-hydrogen) atoms. The van der Waals surface area contributed by atoms with Gasteiger partial charge in [0.1, 0.15) is 5.69 Å². The molecule has 5 nitrogen and oxygen atoms in total. The number of rotatable bonds is 5. The van der Waals surface area contributed by atoms with Gasteiger partial charge in [-0.1, -0.05) is 25.1 Å². The highest BCUT2D eigenvalue weighted by molar-refractivity contribution is 5.47. The molecule has 96 valence electrons. The molecule has 0 bridgehead atoms. The Hall–Kier alpha value is -1.75. The molecule has 2 aromatic heterocycles. The SMILES string of the molecule is CCNC(C)C(C)c1nc(-c2ccccn2)no1. The van der Waals surface area contributed by atoms with E-state index >= 15 is 0 Å². The summed E-state index contributed by atoms with van der Waals surface area (Å²) in [6.07, 6.45) is 1.72. The van der Waals surface area contributed by atoms with Crippen LogP contribution in [0.4, 0.5) is 0 Å². The second-order valence-corrected chi connectivity index (χ2v) is 4.31. The van der Waals surface area contributed by atoms with Gasteiger partial charge >= 0.3 is 0 Å². The fraction of sp³-hybridized carbons (Fsp3) is 0.462. The summed E-state index contributed by atoms with van der Waals surface area (Å²) in [6, 6.07) is 5.93. The minimum Gasteiger partial charge on any atom is -0.339 e. The van der Waals surface area contributed by atoms with E-state index < -0.39 is 0 Å². The van der Waals surface area contributed by atoms with Gasteiger partial charge in [0.15, 0.2) is 0 Å². The van der Waals surface area contributed by atoms with Crippen LogP contribution in [0.3, 0.4) is 0 Å². The summed E-state index contributed by atoms with van der Waals surface area (Å²) < 4.78 is 5.31. The molecule has 0 aliphatic carbocycles. The van der Waals surface area contributed by atoms with Crippen molar-refractivity contribution < 1.29 is 4.52 Å². The number of hydrogen-bond donors (Lipinski definition) is 1. The molecule has 0 amide bonds. The van der Waals surface area contributed by atoms with Crippen molar-refractivity contribution in [1.29, 1.82) is 0 Å². The largest absolute Gasteiger partial charge is 0.339 e. The van der Waals surface area contributed by atoms with Crippen LogP contribution >= 0.6 is 0 Å². The van der Waals surface area contributed by atoms with Crippen molar-refractivity contribution in [2.75, 3.05) is 6.54 Å². The molecule has 0 aliphatic heterocycles. The summed E-state index contributed by atoms with van der Waals surface area (Å²) in [4.78, 5) is 8.61. The first-order valence-corrected chi connectivity index (χ1v) is 6.20. The third-order valence-corrected chi connectivity index (χ3v) is 3.00. The molecular weight excluding hydrogens is 228 g/mol. The fourth-order valence-corrected chi connectivity index (χ4v) is 1.73. The molecule has 2 aromatic rings. The molecule has 5 heteroatoms.